The van der Waals surface area contributed by atoms with E-state index in [1.54, 1.807) is 0 Å². The van der Waals surface area contributed by atoms with Crippen LogP contribution in [0.15, 0.2) is 29.3 Å². The second-order valence-corrected chi connectivity index (χ2v) is 4.00. The number of hydrogen-bond donors (Lipinski definition) is 1. The third-order valence-electron chi connectivity index (χ3n) is 2.23. The molecule has 104 valence electrons. The number of nitrogens with one attached hydrogen (secondary N) is 1. The first-order valence-electron chi connectivity index (χ1n) is 6.41. The van der Waals surface area contributed by atoms with E-state index >= 15 is 0 Å². The molecule has 1 rings (SSSR count). The molecule has 1 amide bonds. The third kappa shape index (κ3) is 5.50. The maximum absolute atomic E-state index is 13.0. The van der Waals surface area contributed by atoms with Crippen LogP contribution >= 0.6 is 0 Å². The Morgan fingerprint density at radius 1 is 1.37 bits per heavy atom. The number of rotatable bonds is 5. The van der Waals surface area contributed by atoms with Crippen LogP contribution in [0.25, 0.3) is 0 Å². The number of amidine groups is 1. The molecule has 1 N–H and O–H groups in total. The maximum atomic E-state index is 13.0. The number of carbonyl (C=O) groups is 1. The number of hydrogen-bond acceptors (Lipinski definition) is 3. The number of benzene rings is 1. The van der Waals surface area contributed by atoms with Crippen LogP contribution in [-0.2, 0) is 4.74 Å². The Labute approximate surface area is 112 Å². The molecule has 0 radical (unpaired) electrons. The molecular formula is C14H19FN2O2. The van der Waals surface area contributed by atoms with Crippen LogP contribution in [0.5, 0.6) is 0 Å². The van der Waals surface area contributed by atoms with Gasteiger partial charge in [-0.15, -0.1) is 0 Å². The molecule has 19 heavy (non-hydrogen) atoms. The van der Waals surface area contributed by atoms with E-state index in [-0.39, 0.29) is 11.6 Å². The van der Waals surface area contributed by atoms with Gasteiger partial charge in [0.15, 0.2) is 0 Å². The van der Waals surface area contributed by atoms with Crippen molar-refractivity contribution in [3.05, 3.63) is 35.6 Å². The predicted octanol–water partition coefficient (Wildman–Crippen LogP) is 2.75. The summed E-state index contributed by atoms with van der Waals surface area (Å²) in [5, 5.41) is 2.55. The number of nitrogens with zero attached hydrogens (tertiary/aromatic N) is 1. The Bertz CT molecular complexity index is 447. The summed E-state index contributed by atoms with van der Waals surface area (Å²) in [6.45, 7) is 5.00. The zero-order valence-corrected chi connectivity index (χ0v) is 11.3. The fraction of sp³-hybridized carbons (Fsp3) is 0.429. The van der Waals surface area contributed by atoms with E-state index in [1.165, 1.54) is 24.3 Å². The highest BCUT2D eigenvalue weighted by Gasteiger charge is 2.10. The average Bonchev–Trinajstić information content (AvgIpc) is 2.41. The molecule has 0 bridgehead atoms. The zero-order valence-electron chi connectivity index (χ0n) is 11.3. The lowest BCUT2D eigenvalue weighted by Gasteiger charge is -2.10. The van der Waals surface area contributed by atoms with Gasteiger partial charge in [0.1, 0.15) is 5.82 Å². The monoisotopic (exact) mass is 266 g/mol. The molecule has 0 aliphatic heterocycles. The topological polar surface area (TPSA) is 50.7 Å². The summed E-state index contributed by atoms with van der Waals surface area (Å²) in [7, 11) is 0. The van der Waals surface area contributed by atoms with Gasteiger partial charge in [0.2, 0.25) is 0 Å². The summed E-state index contributed by atoms with van der Waals surface area (Å²) in [4.78, 5) is 16.0. The maximum Gasteiger partial charge on any atom is 0.291 e. The number of aliphatic imine (C=N–C) groups is 1. The van der Waals surface area contributed by atoms with Crippen LogP contribution < -0.4 is 5.32 Å². The number of ether oxygens (including phenoxy) is 1. The van der Waals surface area contributed by atoms with Crippen molar-refractivity contribution in [3.8, 4) is 0 Å². The van der Waals surface area contributed by atoms with Crippen molar-refractivity contribution < 1.29 is 13.9 Å². The first-order chi connectivity index (χ1) is 9.17. The highest BCUT2D eigenvalue weighted by Crippen LogP contribution is 2.03. The third-order valence-corrected chi connectivity index (χ3v) is 2.23. The van der Waals surface area contributed by atoms with Crippen molar-refractivity contribution >= 4 is 11.9 Å². The van der Waals surface area contributed by atoms with E-state index in [4.69, 9.17) is 4.74 Å². The van der Waals surface area contributed by atoms with Gasteiger partial charge in [0.05, 0.1) is 6.61 Å². The zero-order chi connectivity index (χ0) is 14.1. The Balaban J connectivity index is 2.70. The molecule has 0 heterocycles. The van der Waals surface area contributed by atoms with Gasteiger partial charge in [0.25, 0.3) is 11.9 Å². The first kappa shape index (κ1) is 15.1. The van der Waals surface area contributed by atoms with Gasteiger partial charge in [-0.25, -0.2) is 9.38 Å². The van der Waals surface area contributed by atoms with E-state index in [9.17, 15) is 9.18 Å². The second kappa shape index (κ2) is 8.24. The average molecular weight is 266 g/mol. The molecule has 0 aromatic heterocycles. The smallest absolute Gasteiger partial charge is 0.291 e. The first-order valence-corrected chi connectivity index (χ1v) is 6.41. The molecular weight excluding hydrogens is 247 g/mol. The molecule has 1 aromatic rings. The number of halogens is 1. The molecule has 4 nitrogen and oxygen atoms in total. The fourth-order valence-corrected chi connectivity index (χ4v) is 1.33. The minimum Gasteiger partial charge on any atom is -0.465 e. The molecule has 0 saturated carbocycles. The SMILES string of the molecule is CCCN=C(NC(=O)c1cccc(F)c1)OCCC. The Hall–Kier alpha value is -1.91. The van der Waals surface area contributed by atoms with E-state index in [1.807, 2.05) is 13.8 Å². The van der Waals surface area contributed by atoms with Gasteiger partial charge in [-0.3, -0.25) is 10.1 Å². The van der Waals surface area contributed by atoms with E-state index < -0.39 is 11.7 Å². The molecule has 1 aromatic carbocycles. The van der Waals surface area contributed by atoms with E-state index in [0.717, 1.165) is 12.8 Å². The van der Waals surface area contributed by atoms with Crippen LogP contribution in [0, 0.1) is 5.82 Å². The standard InChI is InChI=1S/C14H19FN2O2/c1-3-8-16-14(19-9-4-2)17-13(18)11-6-5-7-12(15)10-11/h5-7,10H,3-4,8-9H2,1-2H3,(H,16,17,18). The molecule has 0 atom stereocenters. The van der Waals surface area contributed by atoms with Crippen molar-refractivity contribution in [2.75, 3.05) is 13.2 Å². The minimum atomic E-state index is -0.450. The van der Waals surface area contributed by atoms with Crippen molar-refractivity contribution in [3.63, 3.8) is 0 Å². The second-order valence-electron chi connectivity index (χ2n) is 4.00. The lowest BCUT2D eigenvalue weighted by molar-refractivity contribution is 0.0965. The van der Waals surface area contributed by atoms with Crippen molar-refractivity contribution in [2.24, 2.45) is 4.99 Å². The summed E-state index contributed by atoms with van der Waals surface area (Å²) in [6, 6.07) is 5.68. The van der Waals surface area contributed by atoms with Gasteiger partial charge in [-0.1, -0.05) is 19.9 Å². The van der Waals surface area contributed by atoms with Crippen LogP contribution in [0.3, 0.4) is 0 Å². The summed E-state index contributed by atoms with van der Waals surface area (Å²) < 4.78 is 18.4. The largest absolute Gasteiger partial charge is 0.465 e. The minimum absolute atomic E-state index is 0.193. The van der Waals surface area contributed by atoms with Crippen molar-refractivity contribution in [1.29, 1.82) is 0 Å². The molecule has 0 fully saturated rings. The lowest BCUT2D eigenvalue weighted by atomic mass is 10.2. The van der Waals surface area contributed by atoms with Gasteiger partial charge < -0.3 is 4.74 Å². The Morgan fingerprint density at radius 3 is 2.79 bits per heavy atom. The molecule has 0 unspecified atom stereocenters. The quantitative estimate of drug-likeness (QED) is 0.658. The van der Waals surface area contributed by atoms with Crippen LogP contribution in [0.1, 0.15) is 37.0 Å². The molecule has 0 saturated heterocycles. The van der Waals surface area contributed by atoms with Gasteiger partial charge >= 0.3 is 0 Å². The lowest BCUT2D eigenvalue weighted by Crippen LogP contribution is -2.33. The fourth-order valence-electron chi connectivity index (χ4n) is 1.33. The highest BCUT2D eigenvalue weighted by atomic mass is 19.1. The van der Waals surface area contributed by atoms with E-state index in [0.29, 0.717) is 13.2 Å². The summed E-state index contributed by atoms with van der Waals surface area (Å²) in [5.41, 5.74) is 0.240. The summed E-state index contributed by atoms with van der Waals surface area (Å²) >= 11 is 0. The molecule has 0 aliphatic rings. The van der Waals surface area contributed by atoms with Crippen LogP contribution in [0.4, 0.5) is 4.39 Å². The normalized spacial score (nSPS) is 11.2. The number of amides is 1. The Morgan fingerprint density at radius 2 is 2.16 bits per heavy atom. The number of carbonyl (C=O) groups excluding carboxylic acids is 1. The van der Waals surface area contributed by atoms with Gasteiger partial charge in [0, 0.05) is 12.1 Å². The molecule has 0 spiro atoms. The molecule has 0 aliphatic carbocycles. The summed E-state index contributed by atoms with van der Waals surface area (Å²) in [5.74, 6) is -0.875. The van der Waals surface area contributed by atoms with Crippen molar-refractivity contribution in [2.45, 2.75) is 26.7 Å². The highest BCUT2D eigenvalue weighted by molar-refractivity contribution is 6.04. The van der Waals surface area contributed by atoms with Crippen LogP contribution in [0.2, 0.25) is 0 Å². The Kier molecular flexibility index (Phi) is 6.57. The van der Waals surface area contributed by atoms with Gasteiger partial charge in [-0.2, -0.15) is 0 Å². The van der Waals surface area contributed by atoms with Crippen LogP contribution in [-0.4, -0.2) is 25.1 Å². The predicted molar refractivity (Wildman–Crippen MR) is 72.7 cm³/mol. The van der Waals surface area contributed by atoms with Gasteiger partial charge in [-0.05, 0) is 31.0 Å². The van der Waals surface area contributed by atoms with E-state index in [2.05, 4.69) is 10.3 Å². The molecule has 5 heteroatoms. The van der Waals surface area contributed by atoms with Crippen molar-refractivity contribution in [1.82, 2.24) is 5.32 Å². The summed E-state index contributed by atoms with van der Waals surface area (Å²) in [6.07, 6.45) is 1.68.